The van der Waals surface area contributed by atoms with Crippen LogP contribution in [0.3, 0.4) is 0 Å². The Morgan fingerprint density at radius 1 is 1.20 bits per heavy atom. The largest absolute Gasteiger partial charge is 0.346 e. The average Bonchev–Trinajstić information content (AvgIpc) is 2.96. The van der Waals surface area contributed by atoms with Crippen molar-refractivity contribution in [3.63, 3.8) is 0 Å². The van der Waals surface area contributed by atoms with Gasteiger partial charge in [-0.25, -0.2) is 9.67 Å². The molecule has 0 aliphatic heterocycles. The Balaban J connectivity index is 1.75. The zero-order valence-electron chi connectivity index (χ0n) is 14.2. The van der Waals surface area contributed by atoms with Crippen molar-refractivity contribution in [3.05, 3.63) is 68.6 Å². The first-order valence-electron chi connectivity index (χ1n) is 7.80. The number of hydrogen-bond donors (Lipinski definition) is 1. The molecule has 2 aromatic heterocycles. The maximum Gasteiger partial charge on any atom is 0.272 e. The fourth-order valence-electron chi connectivity index (χ4n) is 2.39. The molecule has 0 radical (unpaired) electrons. The van der Waals surface area contributed by atoms with Gasteiger partial charge in [-0.05, 0) is 25.5 Å². The Kier molecular flexibility index (Phi) is 4.76. The molecule has 3 rings (SSSR count). The molecule has 1 amide bonds. The second-order valence-corrected chi connectivity index (χ2v) is 6.79. The van der Waals surface area contributed by atoms with Crippen LogP contribution in [0.2, 0.25) is 0 Å². The van der Waals surface area contributed by atoms with E-state index in [0.717, 1.165) is 25.8 Å². The summed E-state index contributed by atoms with van der Waals surface area (Å²) in [5, 5.41) is 7.73. The highest BCUT2D eigenvalue weighted by atomic mass is 32.1. The summed E-state index contributed by atoms with van der Waals surface area (Å²) in [6, 6.07) is 10.8. The number of thiazole rings is 1. The number of carbonyl (C=O) groups is 1. The fourth-order valence-corrected chi connectivity index (χ4v) is 3.49. The van der Waals surface area contributed by atoms with Crippen molar-refractivity contribution in [1.29, 1.82) is 0 Å². The van der Waals surface area contributed by atoms with Gasteiger partial charge in [0.05, 0.1) is 12.2 Å². The van der Waals surface area contributed by atoms with Crippen LogP contribution in [0.1, 0.15) is 26.6 Å². The van der Waals surface area contributed by atoms with Crippen LogP contribution in [-0.4, -0.2) is 20.7 Å². The number of aromatic nitrogens is 3. The highest BCUT2D eigenvalue weighted by Gasteiger charge is 2.13. The predicted octanol–water partition coefficient (Wildman–Crippen LogP) is 2.45. The van der Waals surface area contributed by atoms with Crippen LogP contribution < -0.4 is 10.9 Å². The van der Waals surface area contributed by atoms with Crippen LogP contribution in [0, 0.1) is 13.8 Å². The second-order valence-electron chi connectivity index (χ2n) is 5.71. The van der Waals surface area contributed by atoms with Gasteiger partial charge in [0.25, 0.3) is 11.5 Å². The zero-order chi connectivity index (χ0) is 18.0. The van der Waals surface area contributed by atoms with Crippen LogP contribution in [0.5, 0.6) is 0 Å². The molecule has 0 bridgehead atoms. The Hall–Kier alpha value is -2.80. The normalized spacial score (nSPS) is 10.7. The molecule has 128 valence electrons. The third-order valence-corrected chi connectivity index (χ3v) is 5.06. The summed E-state index contributed by atoms with van der Waals surface area (Å²) in [4.78, 5) is 29.2. The second kappa shape index (κ2) is 6.98. The summed E-state index contributed by atoms with van der Waals surface area (Å²) in [5.74, 6) is -0.319. The molecular weight excluding hydrogens is 336 g/mol. The van der Waals surface area contributed by atoms with Gasteiger partial charge in [0.15, 0.2) is 0 Å². The minimum atomic E-state index is -0.319. The molecule has 1 N–H and O–H groups in total. The summed E-state index contributed by atoms with van der Waals surface area (Å²) >= 11 is 1.57. The number of aryl methyl sites for hydroxylation is 3. The van der Waals surface area contributed by atoms with E-state index in [1.807, 2.05) is 25.1 Å². The van der Waals surface area contributed by atoms with E-state index in [1.165, 1.54) is 24.7 Å². The lowest BCUT2D eigenvalue weighted by molar-refractivity contribution is 0.0944. The maximum atomic E-state index is 12.2. The molecule has 25 heavy (non-hydrogen) atoms. The smallest absolute Gasteiger partial charge is 0.272 e. The van der Waals surface area contributed by atoms with Crippen LogP contribution >= 0.6 is 11.3 Å². The van der Waals surface area contributed by atoms with Gasteiger partial charge in [-0.1, -0.05) is 24.3 Å². The molecular formula is C18H18N4O2S. The van der Waals surface area contributed by atoms with E-state index >= 15 is 0 Å². The molecule has 2 heterocycles. The van der Waals surface area contributed by atoms with Crippen LogP contribution in [0.25, 0.3) is 10.6 Å². The summed E-state index contributed by atoms with van der Waals surface area (Å²) in [6.45, 7) is 4.36. The number of amides is 1. The lowest BCUT2D eigenvalue weighted by atomic mass is 10.1. The number of rotatable bonds is 4. The SMILES string of the molecule is Cc1ccccc1-c1nc(C)c(CNC(=O)c2ccc(=O)n(C)n2)s1. The highest BCUT2D eigenvalue weighted by Crippen LogP contribution is 2.29. The first kappa shape index (κ1) is 17.0. The molecule has 0 spiro atoms. The van der Waals surface area contributed by atoms with Crippen molar-refractivity contribution in [2.24, 2.45) is 7.05 Å². The van der Waals surface area contributed by atoms with Crippen LogP contribution in [-0.2, 0) is 13.6 Å². The van der Waals surface area contributed by atoms with E-state index in [9.17, 15) is 9.59 Å². The number of carbonyl (C=O) groups excluding carboxylic acids is 1. The van der Waals surface area contributed by atoms with Gasteiger partial charge < -0.3 is 5.32 Å². The zero-order valence-corrected chi connectivity index (χ0v) is 15.1. The lowest BCUT2D eigenvalue weighted by Crippen LogP contribution is -2.28. The number of benzene rings is 1. The maximum absolute atomic E-state index is 12.2. The highest BCUT2D eigenvalue weighted by molar-refractivity contribution is 7.15. The van der Waals surface area contributed by atoms with Crippen LogP contribution in [0.4, 0.5) is 0 Å². The summed E-state index contributed by atoms with van der Waals surface area (Å²) in [7, 11) is 1.51. The minimum Gasteiger partial charge on any atom is -0.346 e. The van der Waals surface area contributed by atoms with E-state index in [0.29, 0.717) is 6.54 Å². The topological polar surface area (TPSA) is 76.9 Å². The van der Waals surface area contributed by atoms with Gasteiger partial charge in [-0.15, -0.1) is 11.3 Å². The summed E-state index contributed by atoms with van der Waals surface area (Å²) in [6.07, 6.45) is 0. The van der Waals surface area contributed by atoms with Gasteiger partial charge in [-0.2, -0.15) is 5.10 Å². The van der Waals surface area contributed by atoms with Gasteiger partial charge in [0.2, 0.25) is 0 Å². The lowest BCUT2D eigenvalue weighted by Gasteiger charge is -2.04. The molecule has 0 saturated carbocycles. The number of hydrogen-bond acceptors (Lipinski definition) is 5. The summed E-state index contributed by atoms with van der Waals surface area (Å²) < 4.78 is 1.14. The molecule has 3 aromatic rings. The van der Waals surface area contributed by atoms with Crippen molar-refractivity contribution in [2.75, 3.05) is 0 Å². The predicted molar refractivity (Wildman–Crippen MR) is 97.7 cm³/mol. The monoisotopic (exact) mass is 354 g/mol. The van der Waals surface area contributed by atoms with E-state index in [-0.39, 0.29) is 17.2 Å². The number of nitrogens with zero attached hydrogens (tertiary/aromatic N) is 3. The standard InChI is InChI=1S/C18H18N4O2S/c1-11-6-4-5-7-13(11)18-20-12(2)15(25-18)10-19-17(24)14-8-9-16(23)22(3)21-14/h4-9H,10H2,1-3H3,(H,19,24). The van der Waals surface area contributed by atoms with Crippen molar-refractivity contribution in [3.8, 4) is 10.6 Å². The molecule has 7 heteroatoms. The molecule has 0 aliphatic rings. The van der Waals surface area contributed by atoms with Crippen molar-refractivity contribution in [2.45, 2.75) is 20.4 Å². The fraction of sp³-hybridized carbons (Fsp3) is 0.222. The van der Waals surface area contributed by atoms with Crippen molar-refractivity contribution in [1.82, 2.24) is 20.1 Å². The van der Waals surface area contributed by atoms with Gasteiger partial charge >= 0.3 is 0 Å². The first-order valence-corrected chi connectivity index (χ1v) is 8.62. The third-order valence-electron chi connectivity index (χ3n) is 3.87. The van der Waals surface area contributed by atoms with E-state index in [2.05, 4.69) is 28.4 Å². The molecule has 0 saturated heterocycles. The summed E-state index contributed by atoms with van der Waals surface area (Å²) in [5.41, 5.74) is 3.13. The Labute approximate surface area is 149 Å². The number of nitrogens with one attached hydrogen (secondary N) is 1. The van der Waals surface area contributed by atoms with Crippen molar-refractivity contribution < 1.29 is 4.79 Å². The molecule has 0 unspecified atom stereocenters. The van der Waals surface area contributed by atoms with Gasteiger partial charge in [-0.3, -0.25) is 9.59 Å². The molecule has 0 atom stereocenters. The van der Waals surface area contributed by atoms with Gasteiger partial charge in [0, 0.05) is 23.6 Å². The minimum absolute atomic E-state index is 0.211. The Bertz CT molecular complexity index is 991. The molecule has 1 aromatic carbocycles. The molecule has 0 aliphatic carbocycles. The molecule has 6 nitrogen and oxygen atoms in total. The first-order chi connectivity index (χ1) is 12.0. The molecule has 0 fully saturated rings. The van der Waals surface area contributed by atoms with Crippen LogP contribution in [0.15, 0.2) is 41.2 Å². The Morgan fingerprint density at radius 3 is 2.68 bits per heavy atom. The van der Waals surface area contributed by atoms with E-state index in [4.69, 9.17) is 0 Å². The van der Waals surface area contributed by atoms with E-state index in [1.54, 1.807) is 11.3 Å². The quantitative estimate of drug-likeness (QED) is 0.781. The van der Waals surface area contributed by atoms with E-state index < -0.39 is 0 Å². The third kappa shape index (κ3) is 3.66. The average molecular weight is 354 g/mol. The van der Waals surface area contributed by atoms with Crippen molar-refractivity contribution >= 4 is 17.2 Å². The Morgan fingerprint density at radius 2 is 1.96 bits per heavy atom. The van der Waals surface area contributed by atoms with Gasteiger partial charge in [0.1, 0.15) is 10.7 Å².